The van der Waals surface area contributed by atoms with Crippen molar-refractivity contribution in [2.45, 2.75) is 82.8 Å². The first kappa shape index (κ1) is 23.8. The molecular weight excluding hydrogens is 303 g/mol. The van der Waals surface area contributed by atoms with Gasteiger partial charge in [0.05, 0.1) is 10.1 Å². The van der Waals surface area contributed by atoms with Crippen LogP contribution in [0.25, 0.3) is 0 Å². The monoisotopic (exact) mass is 332 g/mol. The van der Waals surface area contributed by atoms with Gasteiger partial charge in [-0.05, 0) is 25.7 Å². The average Bonchev–Trinajstić information content (AvgIpc) is 2.34. The van der Waals surface area contributed by atoms with Gasteiger partial charge < -0.3 is 9.66 Å². The number of hydrogen-bond donors (Lipinski definition) is 1. The number of unbranched alkanes of at least 4 members (excludes halogenated alkanes) is 7. The summed E-state index contributed by atoms with van der Waals surface area (Å²) in [5, 5.41) is 7.92. The van der Waals surface area contributed by atoms with E-state index < -0.39 is 15.4 Å². The van der Waals surface area contributed by atoms with Crippen LogP contribution in [-0.2, 0) is 10.1 Å². The molecule has 0 aromatic heterocycles. The third-order valence-corrected chi connectivity index (χ3v) is 4.76. The quantitative estimate of drug-likeness (QED) is 0.297. The fraction of sp³-hybridized carbons (Fsp3) is 1.00. The van der Waals surface area contributed by atoms with Gasteiger partial charge in [0, 0.05) is 11.9 Å². The molecule has 0 spiro atoms. The van der Waals surface area contributed by atoms with Crippen LogP contribution in [-0.4, -0.2) is 29.9 Å². The molecule has 0 saturated heterocycles. The first-order valence-corrected chi connectivity index (χ1v) is 9.05. The Morgan fingerprint density at radius 1 is 0.900 bits per heavy atom. The first-order valence-electron chi connectivity index (χ1n) is 7.58. The second kappa shape index (κ2) is 15.4. The van der Waals surface area contributed by atoms with E-state index in [0.29, 0.717) is 25.7 Å². The molecule has 116 valence electrons. The van der Waals surface area contributed by atoms with Crippen molar-refractivity contribution >= 4 is 10.1 Å². The summed E-state index contributed by atoms with van der Waals surface area (Å²) in [6.45, 7) is 2.24. The van der Waals surface area contributed by atoms with E-state index in [9.17, 15) is 13.0 Å². The van der Waals surface area contributed by atoms with Crippen LogP contribution >= 0.6 is 0 Å². The molecule has 0 amide bonds. The second-order valence-corrected chi connectivity index (χ2v) is 6.90. The predicted octanol–water partition coefficient (Wildman–Crippen LogP) is 0.208. The van der Waals surface area contributed by atoms with Gasteiger partial charge in [-0.15, -0.1) is 0 Å². The molecule has 0 radical (unpaired) electrons. The SMILES string of the molecule is CCCCCCCCCC(CCCCO)S(=O)(=O)[O-].[K+]. The van der Waals surface area contributed by atoms with Gasteiger partial charge in [0.15, 0.2) is 0 Å². The standard InChI is InChI=1S/C14H30O4S.K/c1-2-3-4-5-6-7-8-11-14(19(16,17)18)12-9-10-13-15;/h14-15H,2-13H2,1H3,(H,16,17,18);/q;+1/p-1. The van der Waals surface area contributed by atoms with Crippen molar-refractivity contribution in [2.75, 3.05) is 6.61 Å². The number of hydrogen-bond acceptors (Lipinski definition) is 4. The van der Waals surface area contributed by atoms with Gasteiger partial charge in [-0.1, -0.05) is 51.9 Å². The van der Waals surface area contributed by atoms with E-state index in [1.165, 1.54) is 25.7 Å². The van der Waals surface area contributed by atoms with Gasteiger partial charge >= 0.3 is 51.4 Å². The van der Waals surface area contributed by atoms with Crippen molar-refractivity contribution in [1.29, 1.82) is 0 Å². The molecule has 0 rings (SSSR count). The molecule has 0 heterocycles. The van der Waals surface area contributed by atoms with E-state index in [0.717, 1.165) is 19.3 Å². The van der Waals surface area contributed by atoms with Gasteiger partial charge in [-0.2, -0.15) is 0 Å². The van der Waals surface area contributed by atoms with Gasteiger partial charge in [-0.25, -0.2) is 8.42 Å². The molecule has 0 bridgehead atoms. The summed E-state index contributed by atoms with van der Waals surface area (Å²) in [4.78, 5) is 0. The van der Waals surface area contributed by atoms with Crippen molar-refractivity contribution in [2.24, 2.45) is 0 Å². The summed E-state index contributed by atoms with van der Waals surface area (Å²) in [7, 11) is -4.18. The second-order valence-electron chi connectivity index (χ2n) is 5.24. The number of rotatable bonds is 13. The minimum absolute atomic E-state index is 0. The van der Waals surface area contributed by atoms with E-state index in [2.05, 4.69) is 6.92 Å². The van der Waals surface area contributed by atoms with Crippen LogP contribution in [0.1, 0.15) is 77.6 Å². The van der Waals surface area contributed by atoms with Crippen LogP contribution in [0.15, 0.2) is 0 Å². The summed E-state index contributed by atoms with van der Waals surface area (Å²) in [5.41, 5.74) is 0. The van der Waals surface area contributed by atoms with Crippen LogP contribution in [0.2, 0.25) is 0 Å². The number of aliphatic hydroxyl groups excluding tert-OH is 1. The summed E-state index contributed by atoms with van der Waals surface area (Å²) < 4.78 is 33.3. The summed E-state index contributed by atoms with van der Waals surface area (Å²) in [5.74, 6) is 0. The third-order valence-electron chi connectivity index (χ3n) is 3.47. The Labute approximate surface area is 167 Å². The molecule has 0 aliphatic carbocycles. The first-order chi connectivity index (χ1) is 9.02. The van der Waals surface area contributed by atoms with Crippen LogP contribution < -0.4 is 51.4 Å². The molecule has 20 heavy (non-hydrogen) atoms. The van der Waals surface area contributed by atoms with E-state index in [-0.39, 0.29) is 58.0 Å². The van der Waals surface area contributed by atoms with E-state index in [1.807, 2.05) is 0 Å². The van der Waals surface area contributed by atoms with Gasteiger partial charge in [-0.3, -0.25) is 0 Å². The molecule has 0 aromatic carbocycles. The maximum absolute atomic E-state index is 11.1. The van der Waals surface area contributed by atoms with Gasteiger partial charge in [0.2, 0.25) is 0 Å². The van der Waals surface area contributed by atoms with E-state index in [4.69, 9.17) is 5.11 Å². The fourth-order valence-corrected chi connectivity index (χ4v) is 3.16. The molecule has 1 unspecified atom stereocenters. The predicted molar refractivity (Wildman–Crippen MR) is 77.0 cm³/mol. The Hall–Kier alpha value is 1.51. The zero-order valence-corrected chi connectivity index (χ0v) is 17.1. The zero-order chi connectivity index (χ0) is 14.6. The van der Waals surface area contributed by atoms with Crippen LogP contribution in [0.4, 0.5) is 0 Å². The van der Waals surface area contributed by atoms with Crippen LogP contribution in [0.3, 0.4) is 0 Å². The fourth-order valence-electron chi connectivity index (χ4n) is 2.25. The summed E-state index contributed by atoms with van der Waals surface area (Å²) >= 11 is 0. The maximum Gasteiger partial charge on any atom is 1.00 e. The Morgan fingerprint density at radius 3 is 1.80 bits per heavy atom. The number of aliphatic hydroxyl groups is 1. The Bertz CT molecular complexity index is 294. The topological polar surface area (TPSA) is 77.4 Å². The molecule has 0 aliphatic rings. The van der Waals surface area contributed by atoms with Gasteiger partial charge in [0.1, 0.15) is 0 Å². The molecular formula is C14H29KO4S. The smallest absolute Gasteiger partial charge is 0.748 e. The Morgan fingerprint density at radius 2 is 1.35 bits per heavy atom. The minimum atomic E-state index is -4.18. The molecule has 0 aliphatic heterocycles. The Kier molecular flexibility index (Phi) is 18.3. The van der Waals surface area contributed by atoms with Crippen molar-refractivity contribution in [3.05, 3.63) is 0 Å². The van der Waals surface area contributed by atoms with Crippen molar-refractivity contribution < 1.29 is 69.5 Å². The summed E-state index contributed by atoms with van der Waals surface area (Å²) in [6, 6.07) is 0. The summed E-state index contributed by atoms with van der Waals surface area (Å²) in [6.07, 6.45) is 9.94. The largest absolute Gasteiger partial charge is 1.00 e. The van der Waals surface area contributed by atoms with Crippen molar-refractivity contribution in [3.8, 4) is 0 Å². The molecule has 1 N–H and O–H groups in total. The molecule has 6 heteroatoms. The minimum Gasteiger partial charge on any atom is -0.748 e. The molecule has 0 saturated carbocycles. The van der Waals surface area contributed by atoms with E-state index in [1.54, 1.807) is 0 Å². The third kappa shape index (κ3) is 14.4. The molecule has 0 aromatic rings. The maximum atomic E-state index is 11.1. The normalized spacial score (nSPS) is 12.9. The van der Waals surface area contributed by atoms with Crippen molar-refractivity contribution in [1.82, 2.24) is 0 Å². The van der Waals surface area contributed by atoms with E-state index >= 15 is 0 Å². The molecule has 4 nitrogen and oxygen atoms in total. The zero-order valence-electron chi connectivity index (χ0n) is 13.1. The van der Waals surface area contributed by atoms with Gasteiger partial charge in [0.25, 0.3) is 0 Å². The molecule has 1 atom stereocenters. The van der Waals surface area contributed by atoms with Crippen LogP contribution in [0.5, 0.6) is 0 Å². The van der Waals surface area contributed by atoms with Crippen LogP contribution in [0, 0.1) is 0 Å². The average molecular weight is 333 g/mol. The Balaban J connectivity index is 0. The molecule has 0 fully saturated rings. The van der Waals surface area contributed by atoms with Crippen molar-refractivity contribution in [3.63, 3.8) is 0 Å².